The first kappa shape index (κ1) is 10.1. The number of rotatable bonds is 2. The number of carbonyl (C=O) groups excluding carboxylic acids is 1. The Morgan fingerprint density at radius 1 is 1.13 bits per heavy atom. The van der Waals surface area contributed by atoms with Gasteiger partial charge in [-0.05, 0) is 35.0 Å². The van der Waals surface area contributed by atoms with Gasteiger partial charge in [-0.2, -0.15) is 0 Å². The molecule has 0 saturated carbocycles. The summed E-state index contributed by atoms with van der Waals surface area (Å²) in [4.78, 5) is 11.1. The van der Waals surface area contributed by atoms with E-state index in [2.05, 4.69) is 12.6 Å². The van der Waals surface area contributed by atoms with Crippen molar-refractivity contribution in [3.63, 3.8) is 0 Å². The normalized spacial score (nSPS) is 10.3. The number of hydrogen-bond acceptors (Lipinski definition) is 2. The van der Waals surface area contributed by atoms with E-state index in [1.54, 1.807) is 13.2 Å². The molecule has 2 aromatic rings. The molecule has 0 radical (unpaired) electrons. The molecule has 0 aliphatic rings. The number of hydrogen-bond donors (Lipinski definition) is 1. The number of ether oxygens (including phenoxy) is 1. The molecular weight excluding hydrogens is 208 g/mol. The number of fused-ring (bicyclic) bond motifs is 1. The molecule has 0 amide bonds. The van der Waals surface area contributed by atoms with Crippen molar-refractivity contribution in [3.05, 3.63) is 42.0 Å². The standard InChI is InChI=1S/C12H10O2S/c1-14-11-5-4-8-6-10(12(13)15)3-2-9(8)7-11/h2-7H,1H3,(H,13,15). The first-order valence-electron chi connectivity index (χ1n) is 4.52. The minimum absolute atomic E-state index is 0.215. The molecule has 0 N–H and O–H groups in total. The summed E-state index contributed by atoms with van der Waals surface area (Å²) in [6.45, 7) is 0. The second kappa shape index (κ2) is 3.95. The maximum atomic E-state index is 11.1. The van der Waals surface area contributed by atoms with Crippen LogP contribution in [0, 0.1) is 0 Å². The minimum atomic E-state index is -0.215. The zero-order chi connectivity index (χ0) is 10.8. The SMILES string of the molecule is COc1ccc2cc(C(=O)S)ccc2c1. The molecule has 0 heterocycles. The molecule has 3 heteroatoms. The van der Waals surface area contributed by atoms with Crippen LogP contribution in [0.2, 0.25) is 0 Å². The van der Waals surface area contributed by atoms with Crippen LogP contribution >= 0.6 is 12.6 Å². The average Bonchev–Trinajstić information content (AvgIpc) is 2.27. The third-order valence-electron chi connectivity index (χ3n) is 2.29. The fourth-order valence-electron chi connectivity index (χ4n) is 1.48. The Morgan fingerprint density at radius 2 is 1.80 bits per heavy atom. The molecule has 0 unspecified atom stereocenters. The third kappa shape index (κ3) is 1.97. The van der Waals surface area contributed by atoms with Crippen LogP contribution in [0.3, 0.4) is 0 Å². The Kier molecular flexibility index (Phi) is 2.64. The summed E-state index contributed by atoms with van der Waals surface area (Å²) in [6.07, 6.45) is 0. The van der Waals surface area contributed by atoms with Crippen molar-refractivity contribution in [1.29, 1.82) is 0 Å². The Hall–Kier alpha value is -1.48. The van der Waals surface area contributed by atoms with E-state index >= 15 is 0 Å². The summed E-state index contributed by atoms with van der Waals surface area (Å²) < 4.78 is 5.12. The molecule has 15 heavy (non-hydrogen) atoms. The van der Waals surface area contributed by atoms with Crippen molar-refractivity contribution < 1.29 is 9.53 Å². The van der Waals surface area contributed by atoms with Crippen LogP contribution in [0.15, 0.2) is 36.4 Å². The van der Waals surface area contributed by atoms with Crippen LogP contribution in [0.25, 0.3) is 10.8 Å². The number of carbonyl (C=O) groups is 1. The van der Waals surface area contributed by atoms with E-state index < -0.39 is 0 Å². The lowest BCUT2D eigenvalue weighted by Gasteiger charge is -2.03. The van der Waals surface area contributed by atoms with E-state index in [4.69, 9.17) is 4.74 Å². The lowest BCUT2D eigenvalue weighted by Crippen LogP contribution is -1.88. The van der Waals surface area contributed by atoms with Crippen molar-refractivity contribution in [1.82, 2.24) is 0 Å². The molecule has 76 valence electrons. The Balaban J connectivity index is 2.59. The van der Waals surface area contributed by atoms with Crippen LogP contribution < -0.4 is 4.74 Å². The number of thiol groups is 1. The summed E-state index contributed by atoms with van der Waals surface area (Å²) in [5.74, 6) is 0.812. The highest BCUT2D eigenvalue weighted by atomic mass is 32.1. The highest BCUT2D eigenvalue weighted by Gasteiger charge is 2.02. The minimum Gasteiger partial charge on any atom is -0.497 e. The average molecular weight is 218 g/mol. The number of methoxy groups -OCH3 is 1. The maximum absolute atomic E-state index is 11.1. The van der Waals surface area contributed by atoms with E-state index in [0.717, 1.165) is 16.5 Å². The van der Waals surface area contributed by atoms with Gasteiger partial charge in [-0.15, -0.1) is 12.6 Å². The fraction of sp³-hybridized carbons (Fsp3) is 0.0833. The Labute approximate surface area is 93.3 Å². The highest BCUT2D eigenvalue weighted by Crippen LogP contribution is 2.22. The Morgan fingerprint density at radius 3 is 2.47 bits per heavy atom. The van der Waals surface area contributed by atoms with Gasteiger partial charge in [0.2, 0.25) is 5.12 Å². The maximum Gasteiger partial charge on any atom is 0.216 e. The van der Waals surface area contributed by atoms with Gasteiger partial charge in [-0.1, -0.05) is 12.1 Å². The van der Waals surface area contributed by atoms with Crippen LogP contribution in [0.1, 0.15) is 10.4 Å². The van der Waals surface area contributed by atoms with Crippen molar-refractivity contribution in [2.75, 3.05) is 7.11 Å². The summed E-state index contributed by atoms with van der Waals surface area (Å²) in [7, 11) is 1.63. The molecule has 0 spiro atoms. The van der Waals surface area contributed by atoms with Crippen molar-refractivity contribution >= 4 is 28.5 Å². The molecule has 2 rings (SSSR count). The molecule has 2 nitrogen and oxygen atoms in total. The largest absolute Gasteiger partial charge is 0.497 e. The molecule has 0 aliphatic carbocycles. The van der Waals surface area contributed by atoms with Crippen molar-refractivity contribution in [2.45, 2.75) is 0 Å². The molecular formula is C12H10O2S. The zero-order valence-corrected chi connectivity index (χ0v) is 9.12. The second-order valence-electron chi connectivity index (χ2n) is 3.23. The molecule has 0 atom stereocenters. The van der Waals surface area contributed by atoms with E-state index in [0.29, 0.717) is 5.56 Å². The summed E-state index contributed by atoms with van der Waals surface area (Å²) in [5.41, 5.74) is 0.607. The zero-order valence-electron chi connectivity index (χ0n) is 8.23. The fourth-order valence-corrected chi connectivity index (χ4v) is 1.62. The molecule has 0 fully saturated rings. The van der Waals surface area contributed by atoms with Gasteiger partial charge in [0.15, 0.2) is 0 Å². The van der Waals surface area contributed by atoms with Gasteiger partial charge in [0.1, 0.15) is 5.75 Å². The molecule has 0 saturated heterocycles. The second-order valence-corrected chi connectivity index (χ2v) is 3.64. The first-order chi connectivity index (χ1) is 7.20. The molecule has 0 aromatic heterocycles. The predicted octanol–water partition coefficient (Wildman–Crippen LogP) is 2.92. The van der Waals surface area contributed by atoms with E-state index in [-0.39, 0.29) is 5.12 Å². The van der Waals surface area contributed by atoms with Crippen LogP contribution in [-0.4, -0.2) is 12.2 Å². The number of benzene rings is 2. The van der Waals surface area contributed by atoms with E-state index in [1.807, 2.05) is 30.3 Å². The topological polar surface area (TPSA) is 26.3 Å². The van der Waals surface area contributed by atoms with Gasteiger partial charge in [-0.3, -0.25) is 4.79 Å². The third-order valence-corrected chi connectivity index (χ3v) is 2.55. The lowest BCUT2D eigenvalue weighted by molar-refractivity contribution is 0.109. The summed E-state index contributed by atoms with van der Waals surface area (Å²) in [6, 6.07) is 11.2. The van der Waals surface area contributed by atoms with E-state index in [9.17, 15) is 4.79 Å². The summed E-state index contributed by atoms with van der Waals surface area (Å²) in [5, 5.41) is 1.84. The lowest BCUT2D eigenvalue weighted by atomic mass is 10.1. The van der Waals surface area contributed by atoms with E-state index in [1.165, 1.54) is 0 Å². The Bertz CT molecular complexity index is 520. The van der Waals surface area contributed by atoms with Gasteiger partial charge in [0.05, 0.1) is 7.11 Å². The molecule has 0 aliphatic heterocycles. The van der Waals surface area contributed by atoms with Gasteiger partial charge < -0.3 is 4.74 Å². The monoisotopic (exact) mass is 218 g/mol. The van der Waals surface area contributed by atoms with Gasteiger partial charge in [0, 0.05) is 5.56 Å². The molecule has 0 bridgehead atoms. The first-order valence-corrected chi connectivity index (χ1v) is 4.96. The van der Waals surface area contributed by atoms with Gasteiger partial charge >= 0.3 is 0 Å². The highest BCUT2D eigenvalue weighted by molar-refractivity contribution is 7.97. The quantitative estimate of drug-likeness (QED) is 0.784. The van der Waals surface area contributed by atoms with Crippen LogP contribution in [-0.2, 0) is 0 Å². The van der Waals surface area contributed by atoms with Gasteiger partial charge in [-0.25, -0.2) is 0 Å². The van der Waals surface area contributed by atoms with Crippen molar-refractivity contribution in [2.24, 2.45) is 0 Å². The van der Waals surface area contributed by atoms with Gasteiger partial charge in [0.25, 0.3) is 0 Å². The van der Waals surface area contributed by atoms with Crippen molar-refractivity contribution in [3.8, 4) is 5.75 Å². The van der Waals surface area contributed by atoms with Crippen LogP contribution in [0.5, 0.6) is 5.75 Å². The van der Waals surface area contributed by atoms with Crippen LogP contribution in [0.4, 0.5) is 0 Å². The smallest absolute Gasteiger partial charge is 0.216 e. The summed E-state index contributed by atoms with van der Waals surface area (Å²) >= 11 is 3.79. The molecule has 2 aromatic carbocycles. The predicted molar refractivity (Wildman–Crippen MR) is 63.8 cm³/mol.